The molecule has 3 amide bonds. The summed E-state index contributed by atoms with van der Waals surface area (Å²) in [6.07, 6.45) is 10.4. The zero-order chi connectivity index (χ0) is 22.9. The molecule has 9 nitrogen and oxygen atoms in total. The summed E-state index contributed by atoms with van der Waals surface area (Å²) in [5.41, 5.74) is 1.29. The molecule has 1 fully saturated rings. The highest BCUT2D eigenvalue weighted by atomic mass is 16.5. The maximum atomic E-state index is 12.4. The Morgan fingerprint density at radius 3 is 2.62 bits per heavy atom. The SMILES string of the molecule is COc1ccc(/C=C/C(=O)NC(C)C(=O)Nc2cnn(CC(=O)NC3CCCC3)c2)cc1. The Morgan fingerprint density at radius 2 is 1.94 bits per heavy atom. The lowest BCUT2D eigenvalue weighted by Gasteiger charge is -2.12. The second-order valence-electron chi connectivity index (χ2n) is 7.80. The Balaban J connectivity index is 1.43. The van der Waals surface area contributed by atoms with Crippen LogP contribution in [0, 0.1) is 0 Å². The highest BCUT2D eigenvalue weighted by molar-refractivity contribution is 5.99. The monoisotopic (exact) mass is 439 g/mol. The Bertz CT molecular complexity index is 961. The van der Waals surface area contributed by atoms with Gasteiger partial charge in [-0.1, -0.05) is 25.0 Å². The summed E-state index contributed by atoms with van der Waals surface area (Å²) in [7, 11) is 1.59. The van der Waals surface area contributed by atoms with Gasteiger partial charge in [0.15, 0.2) is 0 Å². The van der Waals surface area contributed by atoms with Gasteiger partial charge in [-0.15, -0.1) is 0 Å². The van der Waals surface area contributed by atoms with Crippen molar-refractivity contribution in [2.24, 2.45) is 0 Å². The van der Waals surface area contributed by atoms with Gasteiger partial charge >= 0.3 is 0 Å². The van der Waals surface area contributed by atoms with E-state index in [4.69, 9.17) is 4.74 Å². The molecule has 2 aromatic rings. The normalized spacial score (nSPS) is 14.8. The van der Waals surface area contributed by atoms with E-state index in [1.54, 1.807) is 38.4 Å². The Labute approximate surface area is 187 Å². The molecule has 1 saturated carbocycles. The van der Waals surface area contributed by atoms with Gasteiger partial charge in [0.05, 0.1) is 19.0 Å². The topological polar surface area (TPSA) is 114 Å². The number of rotatable bonds is 9. The lowest BCUT2D eigenvalue weighted by molar-refractivity contribution is -0.123. The quantitative estimate of drug-likeness (QED) is 0.518. The average molecular weight is 440 g/mol. The average Bonchev–Trinajstić information content (AvgIpc) is 3.44. The number of hydrogen-bond acceptors (Lipinski definition) is 5. The van der Waals surface area contributed by atoms with Gasteiger partial charge in [0.1, 0.15) is 18.3 Å². The van der Waals surface area contributed by atoms with Crippen LogP contribution in [0.3, 0.4) is 0 Å². The fourth-order valence-corrected chi connectivity index (χ4v) is 3.47. The third kappa shape index (κ3) is 6.97. The van der Waals surface area contributed by atoms with E-state index in [0.29, 0.717) is 5.69 Å². The van der Waals surface area contributed by atoms with Crippen molar-refractivity contribution >= 4 is 29.5 Å². The molecular weight excluding hydrogens is 410 g/mol. The highest BCUT2D eigenvalue weighted by Crippen LogP contribution is 2.17. The van der Waals surface area contributed by atoms with Gasteiger partial charge in [0.2, 0.25) is 17.7 Å². The Morgan fingerprint density at radius 1 is 1.22 bits per heavy atom. The Hall–Kier alpha value is -3.62. The van der Waals surface area contributed by atoms with E-state index in [0.717, 1.165) is 37.0 Å². The standard InChI is InChI=1S/C23H29N5O4/c1-16(25-21(29)12-9-17-7-10-20(32-2)11-8-17)23(31)27-19-13-24-28(14-19)15-22(30)26-18-5-3-4-6-18/h7-14,16,18H,3-6,15H2,1-2H3,(H,25,29)(H,26,30)(H,27,31)/b12-9+. The van der Waals surface area contributed by atoms with Crippen LogP contribution in [0.2, 0.25) is 0 Å². The van der Waals surface area contributed by atoms with Crippen molar-refractivity contribution < 1.29 is 19.1 Å². The number of amides is 3. The maximum Gasteiger partial charge on any atom is 0.246 e. The van der Waals surface area contributed by atoms with Crippen LogP contribution in [-0.4, -0.2) is 46.7 Å². The second kappa shape index (κ2) is 11.1. The molecular formula is C23H29N5O4. The minimum atomic E-state index is -0.753. The van der Waals surface area contributed by atoms with Gasteiger partial charge in [-0.3, -0.25) is 19.1 Å². The molecule has 1 unspecified atom stereocenters. The summed E-state index contributed by atoms with van der Waals surface area (Å²) in [4.78, 5) is 36.6. The summed E-state index contributed by atoms with van der Waals surface area (Å²) >= 11 is 0. The number of nitrogens with zero attached hydrogens (tertiary/aromatic N) is 2. The zero-order valence-electron chi connectivity index (χ0n) is 18.3. The van der Waals surface area contributed by atoms with Crippen molar-refractivity contribution in [1.29, 1.82) is 0 Å². The minimum Gasteiger partial charge on any atom is -0.497 e. The highest BCUT2D eigenvalue weighted by Gasteiger charge is 2.18. The molecule has 0 saturated heterocycles. The number of anilines is 1. The molecule has 1 aromatic carbocycles. The predicted octanol–water partition coefficient (Wildman–Crippen LogP) is 2.11. The van der Waals surface area contributed by atoms with Crippen LogP contribution in [-0.2, 0) is 20.9 Å². The number of ether oxygens (including phenoxy) is 1. The number of aromatic nitrogens is 2. The van der Waals surface area contributed by atoms with Gasteiger partial charge < -0.3 is 20.7 Å². The zero-order valence-corrected chi connectivity index (χ0v) is 18.3. The molecule has 170 valence electrons. The molecule has 1 aliphatic carbocycles. The van der Waals surface area contributed by atoms with E-state index in [-0.39, 0.29) is 30.3 Å². The Kier molecular flexibility index (Phi) is 8.02. The van der Waals surface area contributed by atoms with Crippen molar-refractivity contribution in [3.05, 3.63) is 48.3 Å². The van der Waals surface area contributed by atoms with Crippen LogP contribution in [0.4, 0.5) is 5.69 Å². The smallest absolute Gasteiger partial charge is 0.246 e. The molecule has 0 aliphatic heterocycles. The van der Waals surface area contributed by atoms with E-state index in [1.165, 1.54) is 17.0 Å². The number of carbonyl (C=O) groups excluding carboxylic acids is 3. The summed E-state index contributed by atoms with van der Waals surface area (Å²) in [5, 5.41) is 12.4. The van der Waals surface area contributed by atoms with Crippen molar-refractivity contribution in [3.63, 3.8) is 0 Å². The van der Waals surface area contributed by atoms with Crippen LogP contribution in [0.1, 0.15) is 38.2 Å². The molecule has 1 aromatic heterocycles. The lowest BCUT2D eigenvalue weighted by atomic mass is 10.2. The largest absolute Gasteiger partial charge is 0.497 e. The molecule has 0 radical (unpaired) electrons. The second-order valence-corrected chi connectivity index (χ2v) is 7.80. The fraction of sp³-hybridized carbons (Fsp3) is 0.391. The van der Waals surface area contributed by atoms with Gasteiger partial charge in [0, 0.05) is 18.3 Å². The third-order valence-corrected chi connectivity index (χ3v) is 5.22. The fourth-order valence-electron chi connectivity index (χ4n) is 3.47. The van der Waals surface area contributed by atoms with E-state index in [2.05, 4.69) is 21.0 Å². The number of nitrogens with one attached hydrogen (secondary N) is 3. The third-order valence-electron chi connectivity index (χ3n) is 5.22. The first-order valence-corrected chi connectivity index (χ1v) is 10.7. The maximum absolute atomic E-state index is 12.4. The van der Waals surface area contributed by atoms with Gasteiger partial charge in [0.25, 0.3) is 0 Å². The number of carbonyl (C=O) groups is 3. The summed E-state index contributed by atoms with van der Waals surface area (Å²) in [6.45, 7) is 1.68. The molecule has 3 rings (SSSR count). The van der Waals surface area contributed by atoms with E-state index >= 15 is 0 Å². The van der Waals surface area contributed by atoms with E-state index < -0.39 is 6.04 Å². The predicted molar refractivity (Wildman–Crippen MR) is 121 cm³/mol. The first kappa shape index (κ1) is 23.1. The molecule has 1 aliphatic rings. The van der Waals surface area contributed by atoms with Gasteiger partial charge in [-0.2, -0.15) is 5.10 Å². The lowest BCUT2D eigenvalue weighted by Crippen LogP contribution is -2.40. The van der Waals surface area contributed by atoms with Crippen LogP contribution >= 0.6 is 0 Å². The molecule has 9 heteroatoms. The van der Waals surface area contributed by atoms with Crippen molar-refractivity contribution in [2.75, 3.05) is 12.4 Å². The van der Waals surface area contributed by atoms with Crippen LogP contribution in [0.5, 0.6) is 5.75 Å². The first-order valence-electron chi connectivity index (χ1n) is 10.7. The number of benzene rings is 1. The summed E-state index contributed by atoms with van der Waals surface area (Å²) < 4.78 is 6.57. The van der Waals surface area contributed by atoms with Gasteiger partial charge in [-0.05, 0) is 43.5 Å². The molecule has 0 spiro atoms. The van der Waals surface area contributed by atoms with E-state index in [9.17, 15) is 14.4 Å². The molecule has 0 bridgehead atoms. The molecule has 1 atom stereocenters. The number of hydrogen-bond donors (Lipinski definition) is 3. The van der Waals surface area contributed by atoms with Crippen molar-refractivity contribution in [3.8, 4) is 5.75 Å². The molecule has 3 N–H and O–H groups in total. The van der Waals surface area contributed by atoms with E-state index in [1.807, 2.05) is 12.1 Å². The molecule has 1 heterocycles. The number of methoxy groups -OCH3 is 1. The first-order chi connectivity index (χ1) is 15.4. The van der Waals surface area contributed by atoms with Gasteiger partial charge in [-0.25, -0.2) is 0 Å². The van der Waals surface area contributed by atoms with Crippen LogP contribution in [0.15, 0.2) is 42.7 Å². The van der Waals surface area contributed by atoms with Crippen LogP contribution < -0.4 is 20.7 Å². The van der Waals surface area contributed by atoms with Crippen molar-refractivity contribution in [2.45, 2.75) is 51.2 Å². The molecule has 32 heavy (non-hydrogen) atoms. The van der Waals surface area contributed by atoms with Crippen molar-refractivity contribution in [1.82, 2.24) is 20.4 Å². The summed E-state index contributed by atoms with van der Waals surface area (Å²) in [6, 6.07) is 6.74. The van der Waals surface area contributed by atoms with Crippen LogP contribution in [0.25, 0.3) is 6.08 Å². The minimum absolute atomic E-state index is 0.0921. The summed E-state index contributed by atoms with van der Waals surface area (Å²) in [5.74, 6) is -0.134.